The Kier molecular flexibility index (Phi) is 6.16. The van der Waals surface area contributed by atoms with E-state index in [2.05, 4.69) is 5.32 Å². The topological polar surface area (TPSA) is 58.6 Å². The molecule has 1 aliphatic rings. The first-order chi connectivity index (χ1) is 15.4. The summed E-state index contributed by atoms with van der Waals surface area (Å²) in [5.74, 6) is -1.94. The van der Waals surface area contributed by atoms with Crippen molar-refractivity contribution < 1.29 is 23.1 Å². The van der Waals surface area contributed by atoms with Gasteiger partial charge in [0.1, 0.15) is 17.4 Å². The smallest absolute Gasteiger partial charge is 0.263 e. The quantitative estimate of drug-likeness (QED) is 0.638. The van der Waals surface area contributed by atoms with Crippen LogP contribution in [0.1, 0.15) is 28.4 Å². The van der Waals surface area contributed by atoms with Gasteiger partial charge in [0.2, 0.25) is 0 Å². The highest BCUT2D eigenvalue weighted by Crippen LogP contribution is 2.29. The molecule has 3 aromatic rings. The average Bonchev–Trinajstić information content (AvgIpc) is 2.89. The van der Waals surface area contributed by atoms with Crippen LogP contribution in [0.15, 0.2) is 66.7 Å². The van der Waals surface area contributed by atoms with E-state index in [4.69, 9.17) is 4.74 Å². The second kappa shape index (κ2) is 9.18. The minimum atomic E-state index is -0.938. The van der Waals surface area contributed by atoms with Crippen LogP contribution in [0.4, 0.5) is 14.5 Å². The van der Waals surface area contributed by atoms with Crippen molar-refractivity contribution in [2.45, 2.75) is 26.0 Å². The zero-order valence-electron chi connectivity index (χ0n) is 17.5. The molecule has 1 unspecified atom stereocenters. The van der Waals surface area contributed by atoms with Crippen molar-refractivity contribution >= 4 is 17.5 Å². The number of carbonyl (C=O) groups is 2. The molecule has 1 aliphatic heterocycles. The molecule has 0 saturated heterocycles. The molecule has 0 spiro atoms. The largest absolute Gasteiger partial charge is 0.481 e. The maximum Gasteiger partial charge on any atom is 0.263 e. The van der Waals surface area contributed by atoms with Crippen molar-refractivity contribution in [3.05, 3.63) is 95.1 Å². The summed E-state index contributed by atoms with van der Waals surface area (Å²) in [5.41, 5.74) is 2.02. The number of carbonyl (C=O) groups excluding carboxylic acids is 2. The summed E-state index contributed by atoms with van der Waals surface area (Å²) in [7, 11) is 0. The Morgan fingerprint density at radius 2 is 1.88 bits per heavy atom. The van der Waals surface area contributed by atoms with E-state index in [0.29, 0.717) is 37.0 Å². The van der Waals surface area contributed by atoms with Crippen molar-refractivity contribution in [2.75, 3.05) is 11.9 Å². The molecule has 164 valence electrons. The fourth-order valence-corrected chi connectivity index (χ4v) is 3.65. The predicted molar refractivity (Wildman–Crippen MR) is 116 cm³/mol. The van der Waals surface area contributed by atoms with Gasteiger partial charge in [-0.25, -0.2) is 8.78 Å². The normalized spacial score (nSPS) is 15.5. The molecule has 0 fully saturated rings. The van der Waals surface area contributed by atoms with Crippen LogP contribution in [0.2, 0.25) is 0 Å². The number of ether oxygens (including phenoxy) is 1. The number of amides is 2. The third kappa shape index (κ3) is 4.77. The van der Waals surface area contributed by atoms with Crippen LogP contribution in [0.5, 0.6) is 5.75 Å². The molecule has 1 heterocycles. The number of fused-ring (bicyclic) bond motifs is 1. The molecule has 1 atom stereocenters. The molecule has 32 heavy (non-hydrogen) atoms. The fraction of sp³-hybridized carbons (Fsp3) is 0.200. The molecule has 0 aromatic heterocycles. The SMILES string of the molecule is CC1Oc2ccc(NC(=O)c3ccc(F)cc3F)cc2CN(CCc2ccccc2)C1=O. The third-order valence-electron chi connectivity index (χ3n) is 5.33. The van der Waals surface area contributed by atoms with Crippen LogP contribution < -0.4 is 10.1 Å². The number of hydrogen-bond donors (Lipinski definition) is 1. The molecule has 0 aliphatic carbocycles. The van der Waals surface area contributed by atoms with E-state index in [1.54, 1.807) is 30.0 Å². The zero-order valence-corrected chi connectivity index (χ0v) is 17.5. The van der Waals surface area contributed by atoms with E-state index in [1.807, 2.05) is 30.3 Å². The Morgan fingerprint density at radius 3 is 2.62 bits per heavy atom. The van der Waals surface area contributed by atoms with Gasteiger partial charge in [-0.05, 0) is 49.2 Å². The van der Waals surface area contributed by atoms with Crippen molar-refractivity contribution in [2.24, 2.45) is 0 Å². The van der Waals surface area contributed by atoms with E-state index in [0.717, 1.165) is 23.3 Å². The summed E-state index contributed by atoms with van der Waals surface area (Å²) in [6.07, 6.45) is 0.0651. The Labute approximate surface area is 184 Å². The predicted octanol–water partition coefficient (Wildman–Crippen LogP) is 4.57. The Bertz CT molecular complexity index is 1150. The highest BCUT2D eigenvalue weighted by atomic mass is 19.1. The van der Waals surface area contributed by atoms with Crippen LogP contribution in [-0.4, -0.2) is 29.4 Å². The van der Waals surface area contributed by atoms with Crippen LogP contribution >= 0.6 is 0 Å². The number of hydrogen-bond acceptors (Lipinski definition) is 3. The average molecular weight is 436 g/mol. The van der Waals surface area contributed by atoms with Crippen molar-refractivity contribution in [1.29, 1.82) is 0 Å². The number of nitrogens with one attached hydrogen (secondary N) is 1. The first kappa shape index (κ1) is 21.5. The van der Waals surface area contributed by atoms with Crippen LogP contribution in [0.25, 0.3) is 0 Å². The van der Waals surface area contributed by atoms with Gasteiger partial charge in [-0.3, -0.25) is 9.59 Å². The van der Waals surface area contributed by atoms with E-state index in [9.17, 15) is 18.4 Å². The molecular formula is C25H22F2N2O3. The highest BCUT2D eigenvalue weighted by Gasteiger charge is 2.28. The lowest BCUT2D eigenvalue weighted by Crippen LogP contribution is -2.39. The Hall–Kier alpha value is -3.74. The minimum Gasteiger partial charge on any atom is -0.481 e. The van der Waals surface area contributed by atoms with Gasteiger partial charge in [-0.2, -0.15) is 0 Å². The summed E-state index contributed by atoms with van der Waals surface area (Å²) >= 11 is 0. The molecule has 1 N–H and O–H groups in total. The zero-order chi connectivity index (χ0) is 22.7. The number of halogens is 2. The Balaban J connectivity index is 1.52. The summed E-state index contributed by atoms with van der Waals surface area (Å²) < 4.78 is 32.9. The Morgan fingerprint density at radius 1 is 1.09 bits per heavy atom. The van der Waals surface area contributed by atoms with E-state index >= 15 is 0 Å². The lowest BCUT2D eigenvalue weighted by atomic mass is 10.1. The van der Waals surface area contributed by atoms with Crippen LogP contribution in [0.3, 0.4) is 0 Å². The summed E-state index contributed by atoms with van der Waals surface area (Å²) in [5, 5.41) is 2.62. The lowest BCUT2D eigenvalue weighted by Gasteiger charge is -2.22. The second-order valence-corrected chi connectivity index (χ2v) is 7.66. The first-order valence-electron chi connectivity index (χ1n) is 10.3. The molecule has 5 nitrogen and oxygen atoms in total. The van der Waals surface area contributed by atoms with Gasteiger partial charge in [-0.15, -0.1) is 0 Å². The van der Waals surface area contributed by atoms with E-state index < -0.39 is 23.6 Å². The third-order valence-corrected chi connectivity index (χ3v) is 5.33. The molecule has 3 aromatic carbocycles. The van der Waals surface area contributed by atoms with Gasteiger partial charge >= 0.3 is 0 Å². The van der Waals surface area contributed by atoms with Gasteiger partial charge in [0.05, 0.1) is 5.56 Å². The molecule has 2 amide bonds. The van der Waals surface area contributed by atoms with Crippen molar-refractivity contribution in [1.82, 2.24) is 4.90 Å². The van der Waals surface area contributed by atoms with Gasteiger partial charge in [0.15, 0.2) is 6.10 Å². The maximum atomic E-state index is 13.9. The van der Waals surface area contributed by atoms with Gasteiger partial charge < -0.3 is 15.0 Å². The minimum absolute atomic E-state index is 0.115. The summed E-state index contributed by atoms with van der Waals surface area (Å²) in [6.45, 7) is 2.55. The number of nitrogens with zero attached hydrogens (tertiary/aromatic N) is 1. The first-order valence-corrected chi connectivity index (χ1v) is 10.3. The summed E-state index contributed by atoms with van der Waals surface area (Å²) in [4.78, 5) is 27.0. The second-order valence-electron chi connectivity index (χ2n) is 7.66. The van der Waals surface area contributed by atoms with Crippen LogP contribution in [0, 0.1) is 11.6 Å². The van der Waals surface area contributed by atoms with Crippen molar-refractivity contribution in [3.8, 4) is 5.75 Å². The van der Waals surface area contributed by atoms with E-state index in [-0.39, 0.29) is 11.5 Å². The number of benzene rings is 3. The van der Waals surface area contributed by atoms with Gasteiger partial charge in [-0.1, -0.05) is 30.3 Å². The van der Waals surface area contributed by atoms with E-state index in [1.165, 1.54) is 0 Å². The lowest BCUT2D eigenvalue weighted by molar-refractivity contribution is -0.137. The summed E-state index contributed by atoms with van der Waals surface area (Å²) in [6, 6.07) is 17.7. The number of rotatable bonds is 5. The number of anilines is 1. The van der Waals surface area contributed by atoms with Crippen LogP contribution in [-0.2, 0) is 17.8 Å². The maximum absolute atomic E-state index is 13.9. The van der Waals surface area contributed by atoms with Gasteiger partial charge in [0.25, 0.3) is 11.8 Å². The fourth-order valence-electron chi connectivity index (χ4n) is 3.65. The molecular weight excluding hydrogens is 414 g/mol. The molecule has 7 heteroatoms. The standard InChI is InChI=1S/C25H22F2N2O3/c1-16-25(31)29(12-11-17-5-3-2-4-6-17)15-18-13-20(8-10-23(18)32-16)28-24(30)21-9-7-19(26)14-22(21)27/h2-10,13-14,16H,11-12,15H2,1H3,(H,28,30). The molecule has 0 radical (unpaired) electrons. The monoisotopic (exact) mass is 436 g/mol. The van der Waals surface area contributed by atoms with Gasteiger partial charge in [0, 0.05) is 30.4 Å². The molecule has 4 rings (SSSR count). The molecule has 0 saturated carbocycles. The van der Waals surface area contributed by atoms with Crippen molar-refractivity contribution in [3.63, 3.8) is 0 Å². The molecule has 0 bridgehead atoms. The highest BCUT2D eigenvalue weighted by molar-refractivity contribution is 6.04.